The zero-order valence-corrected chi connectivity index (χ0v) is 36.1. The number of allylic oxidation sites excluding steroid dienone is 5. The van der Waals surface area contributed by atoms with Gasteiger partial charge in [0.2, 0.25) is 5.91 Å². The van der Waals surface area contributed by atoms with Crippen LogP contribution in [0, 0.1) is 0 Å². The fraction of sp³-hybridized carbons (Fsp3) is 0.857. The number of rotatable bonds is 43. The summed E-state index contributed by atoms with van der Waals surface area (Å²) in [4.78, 5) is 12.5. The topological polar surface area (TPSA) is 89.8 Å². The van der Waals surface area contributed by atoms with Crippen molar-refractivity contribution in [2.24, 2.45) is 0 Å². The molecule has 5 nitrogen and oxygen atoms in total. The maximum absolute atomic E-state index is 12.5. The molecule has 0 heterocycles. The van der Waals surface area contributed by atoms with Crippen molar-refractivity contribution in [2.75, 3.05) is 6.61 Å². The minimum Gasteiger partial charge on any atom is -0.394 e. The quantitative estimate of drug-likeness (QED) is 0.0368. The summed E-state index contributed by atoms with van der Waals surface area (Å²) in [5, 5.41) is 33.2. The Balaban J connectivity index is 3.70. The summed E-state index contributed by atoms with van der Waals surface area (Å²) in [5.74, 6) is -0.515. The van der Waals surface area contributed by atoms with Crippen LogP contribution in [0.25, 0.3) is 0 Å². The molecular formula is C49H93NO4. The van der Waals surface area contributed by atoms with E-state index in [1.165, 1.54) is 180 Å². The number of nitrogens with one attached hydrogen (secondary N) is 1. The molecule has 4 N–H and O–H groups in total. The van der Waals surface area contributed by atoms with Gasteiger partial charge < -0.3 is 20.6 Å². The van der Waals surface area contributed by atoms with E-state index in [0.29, 0.717) is 6.42 Å². The summed E-state index contributed by atoms with van der Waals surface area (Å²) < 4.78 is 0. The minimum atomic E-state index is -1.11. The van der Waals surface area contributed by atoms with Gasteiger partial charge in [0, 0.05) is 0 Å². The summed E-state index contributed by atoms with van der Waals surface area (Å²) >= 11 is 0. The molecular weight excluding hydrogens is 667 g/mol. The Morgan fingerprint density at radius 2 is 0.759 bits per heavy atom. The Morgan fingerprint density at radius 1 is 0.444 bits per heavy atom. The molecule has 1 amide bonds. The maximum Gasteiger partial charge on any atom is 0.249 e. The van der Waals surface area contributed by atoms with Gasteiger partial charge in [-0.15, -0.1) is 0 Å². The number of carbonyl (C=O) groups is 1. The molecule has 0 fully saturated rings. The normalized spacial score (nSPS) is 13.8. The lowest BCUT2D eigenvalue weighted by molar-refractivity contribution is -0.131. The molecule has 318 valence electrons. The molecule has 0 saturated carbocycles. The van der Waals surface area contributed by atoms with Crippen LogP contribution in [0.15, 0.2) is 36.5 Å². The van der Waals surface area contributed by atoms with Gasteiger partial charge >= 0.3 is 0 Å². The molecule has 0 aliphatic carbocycles. The molecule has 0 saturated heterocycles. The van der Waals surface area contributed by atoms with Gasteiger partial charge in [-0.2, -0.15) is 0 Å². The van der Waals surface area contributed by atoms with Gasteiger partial charge in [0.05, 0.1) is 18.8 Å². The molecule has 0 aliphatic rings. The van der Waals surface area contributed by atoms with E-state index >= 15 is 0 Å². The number of unbranched alkanes of at least 4 members (excludes halogenated alkanes) is 31. The maximum atomic E-state index is 12.5. The van der Waals surface area contributed by atoms with Crippen molar-refractivity contribution in [3.8, 4) is 0 Å². The highest BCUT2D eigenvalue weighted by Crippen LogP contribution is 2.16. The standard InChI is InChI=1S/C49H93NO4/c1-3-5-7-9-11-13-15-17-19-21-22-23-24-25-26-28-29-31-33-35-37-39-41-43-47(52)46(45-51)50-49(54)48(53)44-42-40-38-36-34-32-30-27-20-18-16-14-12-10-8-6-4-2/h26,28,33,35,41,43,46-48,51-53H,3-25,27,29-32,34,36-40,42,44-45H2,1-2H3,(H,50,54)/b28-26+,35-33+,43-41+. The molecule has 0 aromatic heterocycles. The third-order valence-corrected chi connectivity index (χ3v) is 11.0. The van der Waals surface area contributed by atoms with Crippen LogP contribution < -0.4 is 5.32 Å². The molecule has 0 rings (SSSR count). The second kappa shape index (κ2) is 44.3. The second-order valence-corrected chi connectivity index (χ2v) is 16.3. The van der Waals surface area contributed by atoms with Crippen LogP contribution in [0.2, 0.25) is 0 Å². The lowest BCUT2D eigenvalue weighted by Gasteiger charge is -2.21. The van der Waals surface area contributed by atoms with Crippen LogP contribution in [0.5, 0.6) is 0 Å². The van der Waals surface area contributed by atoms with E-state index in [0.717, 1.165) is 44.9 Å². The number of amides is 1. The fourth-order valence-corrected chi connectivity index (χ4v) is 7.22. The summed E-state index contributed by atoms with van der Waals surface area (Å²) in [5.41, 5.74) is 0. The summed E-state index contributed by atoms with van der Waals surface area (Å²) in [6.45, 7) is 4.18. The Labute approximate surface area is 336 Å². The fourth-order valence-electron chi connectivity index (χ4n) is 7.22. The Kier molecular flexibility index (Phi) is 43.1. The van der Waals surface area contributed by atoms with Gasteiger partial charge in [-0.3, -0.25) is 4.79 Å². The zero-order valence-electron chi connectivity index (χ0n) is 36.1. The lowest BCUT2D eigenvalue weighted by Crippen LogP contribution is -2.48. The van der Waals surface area contributed by atoms with Gasteiger partial charge in [0.15, 0.2) is 0 Å². The third kappa shape index (κ3) is 38.8. The first-order valence-corrected chi connectivity index (χ1v) is 23.8. The van der Waals surface area contributed by atoms with E-state index in [-0.39, 0.29) is 6.61 Å². The molecule has 3 atom stereocenters. The number of carbonyl (C=O) groups excluding carboxylic acids is 1. The van der Waals surface area contributed by atoms with E-state index in [9.17, 15) is 20.1 Å². The van der Waals surface area contributed by atoms with Crippen molar-refractivity contribution >= 4 is 5.91 Å². The summed E-state index contributed by atoms with van der Waals surface area (Å²) in [6.07, 6.45) is 56.2. The number of aliphatic hydroxyl groups excluding tert-OH is 3. The van der Waals surface area contributed by atoms with Crippen LogP contribution in [0.1, 0.15) is 245 Å². The number of hydrogen-bond donors (Lipinski definition) is 4. The van der Waals surface area contributed by atoms with Crippen LogP contribution in [-0.4, -0.2) is 46.1 Å². The van der Waals surface area contributed by atoms with Crippen LogP contribution >= 0.6 is 0 Å². The SMILES string of the molecule is CCCCCCCCCCCCCCC/C=C/CC/C=C/CC/C=C/C(O)C(CO)NC(=O)C(O)CCCCCCCCCCCCCCCCCCC. The Bertz CT molecular complexity index is 840. The summed E-state index contributed by atoms with van der Waals surface area (Å²) in [7, 11) is 0. The van der Waals surface area contributed by atoms with Crippen LogP contribution in [0.3, 0.4) is 0 Å². The molecule has 5 heteroatoms. The van der Waals surface area contributed by atoms with Gasteiger partial charge in [-0.25, -0.2) is 0 Å². The smallest absolute Gasteiger partial charge is 0.249 e. The largest absolute Gasteiger partial charge is 0.394 e. The van der Waals surface area contributed by atoms with Crippen molar-refractivity contribution in [3.63, 3.8) is 0 Å². The Hall–Kier alpha value is -1.43. The van der Waals surface area contributed by atoms with Gasteiger partial charge in [0.25, 0.3) is 0 Å². The predicted molar refractivity (Wildman–Crippen MR) is 236 cm³/mol. The molecule has 0 radical (unpaired) electrons. The minimum absolute atomic E-state index is 0.379. The highest BCUT2D eigenvalue weighted by molar-refractivity contribution is 5.80. The molecule has 0 aliphatic heterocycles. The zero-order chi connectivity index (χ0) is 39.4. The number of hydrogen-bond acceptors (Lipinski definition) is 4. The average Bonchev–Trinajstić information content (AvgIpc) is 3.18. The van der Waals surface area contributed by atoms with E-state index < -0.39 is 24.2 Å². The first-order chi connectivity index (χ1) is 26.6. The van der Waals surface area contributed by atoms with Crippen molar-refractivity contribution in [2.45, 2.75) is 263 Å². The van der Waals surface area contributed by atoms with Crippen molar-refractivity contribution < 1.29 is 20.1 Å². The van der Waals surface area contributed by atoms with Gasteiger partial charge in [0.1, 0.15) is 6.10 Å². The van der Waals surface area contributed by atoms with E-state index in [2.05, 4.69) is 43.5 Å². The lowest BCUT2D eigenvalue weighted by atomic mass is 10.0. The van der Waals surface area contributed by atoms with Crippen LogP contribution in [-0.2, 0) is 4.79 Å². The highest BCUT2D eigenvalue weighted by Gasteiger charge is 2.22. The third-order valence-electron chi connectivity index (χ3n) is 11.0. The van der Waals surface area contributed by atoms with E-state index in [4.69, 9.17) is 0 Å². The Morgan fingerprint density at radius 3 is 1.13 bits per heavy atom. The molecule has 0 aromatic carbocycles. The average molecular weight is 760 g/mol. The molecule has 0 bridgehead atoms. The van der Waals surface area contributed by atoms with E-state index in [1.54, 1.807) is 6.08 Å². The summed E-state index contributed by atoms with van der Waals surface area (Å²) in [6, 6.07) is -0.819. The predicted octanol–water partition coefficient (Wildman–Crippen LogP) is 13.9. The molecule has 54 heavy (non-hydrogen) atoms. The highest BCUT2D eigenvalue weighted by atomic mass is 16.3. The van der Waals surface area contributed by atoms with Gasteiger partial charge in [-0.1, -0.05) is 237 Å². The first-order valence-electron chi connectivity index (χ1n) is 23.8. The van der Waals surface area contributed by atoms with Crippen molar-refractivity contribution in [1.29, 1.82) is 0 Å². The van der Waals surface area contributed by atoms with Crippen molar-refractivity contribution in [3.05, 3.63) is 36.5 Å². The second-order valence-electron chi connectivity index (χ2n) is 16.3. The molecule has 0 spiro atoms. The first kappa shape index (κ1) is 52.6. The number of aliphatic hydroxyl groups is 3. The van der Waals surface area contributed by atoms with E-state index in [1.807, 2.05) is 6.08 Å². The van der Waals surface area contributed by atoms with Gasteiger partial charge in [-0.05, 0) is 44.9 Å². The van der Waals surface area contributed by atoms with Crippen molar-refractivity contribution in [1.82, 2.24) is 5.32 Å². The molecule has 0 aromatic rings. The van der Waals surface area contributed by atoms with Crippen LogP contribution in [0.4, 0.5) is 0 Å². The molecule has 3 unspecified atom stereocenters. The monoisotopic (exact) mass is 760 g/mol.